The summed E-state index contributed by atoms with van der Waals surface area (Å²) in [5, 5.41) is 9.89. The Kier molecular flexibility index (Phi) is 6.02. The van der Waals surface area contributed by atoms with Gasteiger partial charge in [0.05, 0.1) is 18.7 Å². The molecule has 1 aromatic carbocycles. The van der Waals surface area contributed by atoms with Crippen molar-refractivity contribution < 1.29 is 37.3 Å². The van der Waals surface area contributed by atoms with Gasteiger partial charge in [0.1, 0.15) is 5.75 Å². The average molecular weight is 387 g/mol. The maximum absolute atomic E-state index is 12.7. The number of alkyl halides is 3. The van der Waals surface area contributed by atoms with E-state index in [1.165, 1.54) is 18.1 Å². The van der Waals surface area contributed by atoms with E-state index in [4.69, 9.17) is 9.47 Å². The van der Waals surface area contributed by atoms with E-state index in [0.29, 0.717) is 6.42 Å². The standard InChI is InChI=1S/C18H20F3NO5/c1-3-5-14-17(15(23)24,10-4-11-22(14)16(25)26-2)27-13-8-6-12(7-9-13)18(19,20)21/h3,6-9,14H,1,4-5,10-11H2,2H3,(H,23,24). The number of benzene rings is 1. The van der Waals surface area contributed by atoms with Gasteiger partial charge in [0.25, 0.3) is 0 Å². The summed E-state index contributed by atoms with van der Waals surface area (Å²) in [6.07, 6.45) is -3.24. The fourth-order valence-electron chi connectivity index (χ4n) is 3.23. The van der Waals surface area contributed by atoms with E-state index in [2.05, 4.69) is 6.58 Å². The largest absolute Gasteiger partial charge is 0.478 e. The number of hydrogen-bond donors (Lipinski definition) is 1. The van der Waals surface area contributed by atoms with Gasteiger partial charge in [-0.05, 0) is 37.1 Å². The van der Waals surface area contributed by atoms with Crippen molar-refractivity contribution in [2.75, 3.05) is 13.7 Å². The van der Waals surface area contributed by atoms with Crippen LogP contribution in [0.25, 0.3) is 0 Å². The van der Waals surface area contributed by atoms with Gasteiger partial charge in [-0.15, -0.1) is 6.58 Å². The lowest BCUT2D eigenvalue weighted by Gasteiger charge is -2.46. The molecule has 6 nitrogen and oxygen atoms in total. The lowest BCUT2D eigenvalue weighted by atomic mass is 9.82. The van der Waals surface area contributed by atoms with Gasteiger partial charge in [0, 0.05) is 13.0 Å². The summed E-state index contributed by atoms with van der Waals surface area (Å²) in [6, 6.07) is 2.84. The number of aliphatic carboxylic acids is 1. The molecule has 1 N–H and O–H groups in total. The number of amides is 1. The van der Waals surface area contributed by atoms with Crippen LogP contribution < -0.4 is 4.74 Å². The molecule has 0 bridgehead atoms. The summed E-state index contributed by atoms with van der Waals surface area (Å²) in [7, 11) is 1.18. The fraction of sp³-hybridized carbons (Fsp3) is 0.444. The number of carbonyl (C=O) groups excluding carboxylic acids is 1. The van der Waals surface area contributed by atoms with Crippen LogP contribution in [0.1, 0.15) is 24.8 Å². The molecule has 1 fully saturated rings. The molecule has 0 aliphatic carbocycles. The van der Waals surface area contributed by atoms with Crippen molar-refractivity contribution in [2.45, 2.75) is 37.1 Å². The molecule has 1 amide bonds. The van der Waals surface area contributed by atoms with E-state index < -0.39 is 35.4 Å². The number of methoxy groups -OCH3 is 1. The molecule has 148 valence electrons. The Hall–Kier alpha value is -2.71. The molecule has 1 saturated heterocycles. The minimum Gasteiger partial charge on any atom is -0.478 e. The molecular weight excluding hydrogens is 367 g/mol. The van der Waals surface area contributed by atoms with Gasteiger partial charge in [-0.3, -0.25) is 0 Å². The number of carbonyl (C=O) groups is 2. The molecule has 9 heteroatoms. The summed E-state index contributed by atoms with van der Waals surface area (Å²) >= 11 is 0. The van der Waals surface area contributed by atoms with Gasteiger partial charge in [0.15, 0.2) is 0 Å². The lowest BCUT2D eigenvalue weighted by Crippen LogP contribution is -2.65. The Labute approximate surface area is 154 Å². The third kappa shape index (κ3) is 4.17. The van der Waals surface area contributed by atoms with Crippen LogP contribution in [0.3, 0.4) is 0 Å². The highest BCUT2D eigenvalue weighted by molar-refractivity contribution is 5.81. The zero-order valence-electron chi connectivity index (χ0n) is 14.7. The van der Waals surface area contributed by atoms with Crippen molar-refractivity contribution in [3.8, 4) is 5.75 Å². The van der Waals surface area contributed by atoms with Gasteiger partial charge in [-0.2, -0.15) is 13.2 Å². The smallest absolute Gasteiger partial charge is 0.416 e. The zero-order valence-corrected chi connectivity index (χ0v) is 14.7. The highest BCUT2D eigenvalue weighted by Gasteiger charge is 2.54. The molecule has 2 unspecified atom stereocenters. The van der Waals surface area contributed by atoms with Gasteiger partial charge < -0.3 is 19.5 Å². The second-order valence-corrected chi connectivity index (χ2v) is 6.13. The van der Waals surface area contributed by atoms with Crippen LogP contribution in [0.2, 0.25) is 0 Å². The Morgan fingerprint density at radius 3 is 2.48 bits per heavy atom. The molecule has 0 saturated carbocycles. The van der Waals surface area contributed by atoms with Crippen molar-refractivity contribution in [1.29, 1.82) is 0 Å². The highest BCUT2D eigenvalue weighted by Crippen LogP contribution is 2.37. The average Bonchev–Trinajstić information content (AvgIpc) is 2.62. The van der Waals surface area contributed by atoms with E-state index in [1.807, 2.05) is 0 Å². The first-order valence-electron chi connectivity index (χ1n) is 8.21. The molecular formula is C18H20F3NO5. The van der Waals surface area contributed by atoms with Crippen molar-refractivity contribution in [3.63, 3.8) is 0 Å². The number of likely N-dealkylation sites (tertiary alicyclic amines) is 1. The van der Waals surface area contributed by atoms with Crippen LogP contribution in [0.5, 0.6) is 5.75 Å². The second-order valence-electron chi connectivity index (χ2n) is 6.13. The number of halogens is 3. The minimum absolute atomic E-state index is 0.0359. The van der Waals surface area contributed by atoms with E-state index in [1.54, 1.807) is 0 Å². The first kappa shape index (κ1) is 20.6. The molecule has 1 aliphatic heterocycles. The first-order valence-corrected chi connectivity index (χ1v) is 8.21. The summed E-state index contributed by atoms with van der Waals surface area (Å²) in [6.45, 7) is 3.87. The van der Waals surface area contributed by atoms with Gasteiger partial charge in [-0.25, -0.2) is 9.59 Å². The van der Waals surface area contributed by atoms with Crippen molar-refractivity contribution in [2.24, 2.45) is 0 Å². The maximum atomic E-state index is 12.7. The van der Waals surface area contributed by atoms with Gasteiger partial charge in [0.2, 0.25) is 5.60 Å². The monoisotopic (exact) mass is 387 g/mol. The van der Waals surface area contributed by atoms with E-state index >= 15 is 0 Å². The van der Waals surface area contributed by atoms with E-state index in [-0.39, 0.29) is 25.1 Å². The molecule has 0 spiro atoms. The number of carboxylic acid groups (broad SMARTS) is 1. The minimum atomic E-state index is -4.51. The SMILES string of the molecule is C=CCC1N(C(=O)OC)CCCC1(Oc1ccc(C(F)(F)F)cc1)C(=O)O. The van der Waals surface area contributed by atoms with Crippen LogP contribution in [-0.2, 0) is 15.7 Å². The molecule has 1 aromatic rings. The normalized spacial score (nSPS) is 22.8. The molecule has 2 atom stereocenters. The third-order valence-corrected chi connectivity index (χ3v) is 4.50. The molecule has 2 rings (SSSR count). The number of carboxylic acids is 1. The number of piperidine rings is 1. The van der Waals surface area contributed by atoms with Crippen LogP contribution in [0.15, 0.2) is 36.9 Å². The lowest BCUT2D eigenvalue weighted by molar-refractivity contribution is -0.166. The maximum Gasteiger partial charge on any atom is 0.416 e. The zero-order chi connectivity index (χ0) is 20.2. The Bertz CT molecular complexity index is 704. The summed E-state index contributed by atoms with van der Waals surface area (Å²) in [5.74, 6) is -1.35. The van der Waals surface area contributed by atoms with Crippen molar-refractivity contribution in [3.05, 3.63) is 42.5 Å². The Balaban J connectivity index is 2.40. The molecule has 1 heterocycles. The van der Waals surface area contributed by atoms with Crippen LogP contribution in [-0.4, -0.2) is 47.4 Å². The molecule has 27 heavy (non-hydrogen) atoms. The topological polar surface area (TPSA) is 76.1 Å². The molecule has 1 aliphatic rings. The highest BCUT2D eigenvalue weighted by atomic mass is 19.4. The summed E-state index contributed by atoms with van der Waals surface area (Å²) in [5.41, 5.74) is -2.71. The third-order valence-electron chi connectivity index (χ3n) is 4.50. The second kappa shape index (κ2) is 7.89. The fourth-order valence-corrected chi connectivity index (χ4v) is 3.23. The van der Waals surface area contributed by atoms with Crippen molar-refractivity contribution in [1.82, 2.24) is 4.90 Å². The van der Waals surface area contributed by atoms with Gasteiger partial charge in [-0.1, -0.05) is 6.08 Å². The van der Waals surface area contributed by atoms with Crippen LogP contribution in [0, 0.1) is 0 Å². The van der Waals surface area contributed by atoms with Crippen LogP contribution in [0.4, 0.5) is 18.0 Å². The predicted octanol–water partition coefficient (Wildman–Crippen LogP) is 3.71. The van der Waals surface area contributed by atoms with E-state index in [9.17, 15) is 27.9 Å². The number of rotatable bonds is 5. The summed E-state index contributed by atoms with van der Waals surface area (Å²) in [4.78, 5) is 25.4. The van der Waals surface area contributed by atoms with Gasteiger partial charge >= 0.3 is 18.2 Å². The Morgan fingerprint density at radius 2 is 2.00 bits per heavy atom. The number of ether oxygens (including phenoxy) is 2. The molecule has 0 radical (unpaired) electrons. The van der Waals surface area contributed by atoms with Crippen molar-refractivity contribution >= 4 is 12.1 Å². The predicted molar refractivity (Wildman–Crippen MR) is 89.4 cm³/mol. The molecule has 0 aromatic heterocycles. The number of nitrogens with zero attached hydrogens (tertiary/aromatic N) is 1. The van der Waals surface area contributed by atoms with Crippen LogP contribution >= 0.6 is 0 Å². The number of hydrogen-bond acceptors (Lipinski definition) is 4. The van der Waals surface area contributed by atoms with E-state index in [0.717, 1.165) is 24.3 Å². The quantitative estimate of drug-likeness (QED) is 0.780. The summed E-state index contributed by atoms with van der Waals surface area (Å²) < 4.78 is 48.6. The Morgan fingerprint density at radius 1 is 1.37 bits per heavy atom. The first-order chi connectivity index (χ1) is 12.7.